The second kappa shape index (κ2) is 28.9. The highest BCUT2D eigenvalue weighted by Crippen LogP contribution is 2.59. The van der Waals surface area contributed by atoms with Crippen LogP contribution in [0.15, 0.2) is 83.0 Å². The van der Waals surface area contributed by atoms with Crippen molar-refractivity contribution >= 4 is 11.9 Å². The Bertz CT molecular complexity index is 3590. The van der Waals surface area contributed by atoms with Gasteiger partial charge in [0.05, 0.1) is 0 Å². The molecule has 4 aliphatic carbocycles. The lowest BCUT2D eigenvalue weighted by Crippen LogP contribution is -2.45. The molecule has 4 aromatic carbocycles. The number of hydrogen-bond acceptors (Lipinski definition) is 10. The minimum Gasteiger partial charge on any atom is -0.507 e. The Morgan fingerprint density at radius 3 is 1.01 bits per heavy atom. The van der Waals surface area contributed by atoms with Crippen LogP contribution >= 0.6 is 0 Å². The Morgan fingerprint density at radius 2 is 0.691 bits per heavy atom. The third kappa shape index (κ3) is 14.9. The lowest BCUT2D eigenvalue weighted by molar-refractivity contribution is 0.0102. The predicted octanol–water partition coefficient (Wildman–Crippen LogP) is 20.8. The molecule has 0 unspecified atom stereocenters. The zero-order valence-corrected chi connectivity index (χ0v) is 59.7. The molecule has 8 atom stereocenters. The highest BCUT2D eigenvalue weighted by Gasteiger charge is 2.50. The standard InChI is InChI=1S/C22H30O4.C21H30O2.C20H26O4.C19H26O2/c1-5-6-7-8-14-12-17-19(20(23)18(14)21(24)25)15-11-13(2)9-10-16(15)22(3,4)26-17;1-5-6-7-8-15-12-18(22)20-16-11-14(2)9-10-17(16)21(3,4)23-19(20)13-15;1-5-6-12-10-15-17(18(21)16(12)19(22)23)13-9-11(2)7-8-14(13)20(3,4)24-15;1-5-6-13-10-16(20)18-14-9-12(2)7-8-15(14)19(3,4)21-17(18)11-13/h11-12,15-16,23H,5-10H2,1-4H3,(H,24,25);11-13,16-17,22H,5-10H2,1-4H3;9-10,13-14,21H,5-8H2,1-4H3,(H,22,23);9-11,14-15,20H,5-8H2,1-4H3/t15-,16-;16-,17-;13-,14-;14-,15-/m1111/s1. The molecule has 0 aromatic heterocycles. The number of aromatic carboxylic acids is 2. The molecular weight excluding hydrogens is 1180 g/mol. The summed E-state index contributed by atoms with van der Waals surface area (Å²) in [5.74, 6) is 3.49. The number of fused-ring (bicyclic) bond motifs is 12. The highest BCUT2D eigenvalue weighted by atomic mass is 16.5. The number of aryl methyl sites for hydroxylation is 4. The number of rotatable bonds is 14. The first-order valence-corrected chi connectivity index (χ1v) is 35.8. The van der Waals surface area contributed by atoms with E-state index in [9.17, 15) is 40.2 Å². The third-order valence-corrected chi connectivity index (χ3v) is 22.1. The molecule has 0 fully saturated rings. The molecule has 12 rings (SSSR count). The van der Waals surface area contributed by atoms with Gasteiger partial charge in [0, 0.05) is 69.6 Å². The number of hydrogen-bond donors (Lipinski definition) is 6. The summed E-state index contributed by atoms with van der Waals surface area (Å²) in [6.07, 6.45) is 29.4. The minimum absolute atomic E-state index is 0.00490. The SMILES string of the molecule is CCCCCc1cc(O)c2c(c1)OC(C)(C)[C@@H]1CCC(C)=C[C@@H]21.CCCCCc1cc2c(c(O)c1C(=O)O)[C@@H]1C=C(C)CC[C@H]1C(C)(C)O2.CCCc1cc(O)c2c(c1)OC(C)(C)[C@@H]1CCC(C)=C[C@@H]21.CCCc1cc2c(c(O)c1C(=O)O)[C@@H]1C=C(C)CC[C@H]1C(C)(C)O2. The Labute approximate surface area is 562 Å². The number of unbranched alkanes of at least 4 members (excludes halogenated alkanes) is 4. The number of aromatic hydroxyl groups is 4. The average molecular weight is 1290 g/mol. The zero-order chi connectivity index (χ0) is 68.5. The first-order chi connectivity index (χ1) is 44.4. The van der Waals surface area contributed by atoms with E-state index in [4.69, 9.17) is 18.9 Å². The first-order valence-electron chi connectivity index (χ1n) is 35.8. The molecule has 0 radical (unpaired) electrons. The van der Waals surface area contributed by atoms with Crippen LogP contribution in [0.2, 0.25) is 0 Å². The van der Waals surface area contributed by atoms with Gasteiger partial charge in [-0.2, -0.15) is 0 Å². The maximum Gasteiger partial charge on any atom is 0.339 e. The van der Waals surface area contributed by atoms with Gasteiger partial charge in [0.15, 0.2) is 0 Å². The molecule has 0 saturated carbocycles. The van der Waals surface area contributed by atoms with Gasteiger partial charge in [-0.15, -0.1) is 0 Å². The van der Waals surface area contributed by atoms with Gasteiger partial charge in [0.25, 0.3) is 0 Å². The molecule has 4 aromatic rings. The zero-order valence-electron chi connectivity index (χ0n) is 59.7. The van der Waals surface area contributed by atoms with Crippen LogP contribution in [0.5, 0.6) is 46.0 Å². The van der Waals surface area contributed by atoms with E-state index in [1.54, 1.807) is 0 Å². The normalized spacial score (nSPS) is 24.8. The smallest absolute Gasteiger partial charge is 0.339 e. The van der Waals surface area contributed by atoms with Crippen molar-refractivity contribution in [2.75, 3.05) is 0 Å². The average Bonchev–Trinajstić information content (AvgIpc) is 0.760. The lowest BCUT2D eigenvalue weighted by Gasteiger charge is -2.46. The molecule has 94 heavy (non-hydrogen) atoms. The fourth-order valence-corrected chi connectivity index (χ4v) is 17.2. The van der Waals surface area contributed by atoms with Crippen LogP contribution in [0, 0.1) is 23.7 Å². The van der Waals surface area contributed by atoms with Gasteiger partial charge in [0.1, 0.15) is 79.5 Å². The number of ether oxygens (including phenoxy) is 4. The van der Waals surface area contributed by atoms with Crippen molar-refractivity contribution in [1.82, 2.24) is 0 Å². The van der Waals surface area contributed by atoms with Gasteiger partial charge >= 0.3 is 11.9 Å². The van der Waals surface area contributed by atoms with Crippen LogP contribution in [-0.2, 0) is 25.7 Å². The number of phenolic OH excluding ortho intramolecular Hbond substituents is 2. The van der Waals surface area contributed by atoms with Crippen molar-refractivity contribution in [3.05, 3.63) is 139 Å². The number of carboxylic acids is 2. The number of carboxylic acid groups (broad SMARTS) is 2. The maximum atomic E-state index is 11.9. The van der Waals surface area contributed by atoms with Gasteiger partial charge in [-0.05, 0) is 232 Å². The molecule has 6 N–H and O–H groups in total. The van der Waals surface area contributed by atoms with Crippen molar-refractivity contribution in [1.29, 1.82) is 0 Å². The van der Waals surface area contributed by atoms with Crippen LogP contribution in [0.25, 0.3) is 0 Å². The number of phenols is 4. The summed E-state index contributed by atoms with van der Waals surface area (Å²) in [6, 6.07) is 11.9. The molecular formula is C82H112O12. The molecule has 12 nitrogen and oxygen atoms in total. The van der Waals surface area contributed by atoms with Gasteiger partial charge in [0.2, 0.25) is 0 Å². The van der Waals surface area contributed by atoms with Crippen molar-refractivity contribution in [3.8, 4) is 46.0 Å². The fraction of sp³-hybridized carbons (Fsp3) is 0.585. The molecule has 4 heterocycles. The highest BCUT2D eigenvalue weighted by molar-refractivity contribution is 5.95. The van der Waals surface area contributed by atoms with Crippen LogP contribution in [0.3, 0.4) is 0 Å². The van der Waals surface area contributed by atoms with E-state index in [1.165, 1.54) is 52.7 Å². The van der Waals surface area contributed by atoms with E-state index < -0.39 is 11.9 Å². The first kappa shape index (κ1) is 71.5. The fourth-order valence-electron chi connectivity index (χ4n) is 17.2. The van der Waals surface area contributed by atoms with Crippen molar-refractivity contribution in [3.63, 3.8) is 0 Å². The summed E-state index contributed by atoms with van der Waals surface area (Å²) >= 11 is 0. The Hall–Kier alpha value is -6.82. The van der Waals surface area contributed by atoms with Crippen LogP contribution in [0.1, 0.15) is 302 Å². The predicted molar refractivity (Wildman–Crippen MR) is 377 cm³/mol. The number of carbonyl (C=O) groups is 2. The van der Waals surface area contributed by atoms with Crippen molar-refractivity contribution < 1.29 is 59.2 Å². The topological polar surface area (TPSA) is 192 Å². The Morgan fingerprint density at radius 1 is 0.394 bits per heavy atom. The lowest BCUT2D eigenvalue weighted by atomic mass is 9.67. The molecule has 0 amide bonds. The molecule has 0 spiro atoms. The quantitative estimate of drug-likeness (QED) is 0.0518. The van der Waals surface area contributed by atoms with E-state index in [2.05, 4.69) is 140 Å². The van der Waals surface area contributed by atoms with Gasteiger partial charge in [-0.25, -0.2) is 9.59 Å². The molecule has 8 aliphatic rings. The molecule has 4 aliphatic heterocycles. The Balaban J connectivity index is 0.000000148. The van der Waals surface area contributed by atoms with Gasteiger partial charge in [-0.1, -0.05) is 113 Å². The summed E-state index contributed by atoms with van der Waals surface area (Å²) in [7, 11) is 0. The van der Waals surface area contributed by atoms with E-state index in [1.807, 2.05) is 31.2 Å². The summed E-state index contributed by atoms with van der Waals surface area (Å²) in [5.41, 5.74) is 11.5. The summed E-state index contributed by atoms with van der Waals surface area (Å²) in [6.45, 7) is 34.2. The summed E-state index contributed by atoms with van der Waals surface area (Å²) in [4.78, 5) is 23.6. The number of benzene rings is 4. The van der Waals surface area contributed by atoms with Crippen molar-refractivity contribution in [2.24, 2.45) is 23.7 Å². The van der Waals surface area contributed by atoms with E-state index in [-0.39, 0.29) is 80.5 Å². The molecule has 12 heteroatoms. The van der Waals surface area contributed by atoms with E-state index in [0.29, 0.717) is 69.9 Å². The number of allylic oxidation sites excluding steroid dienone is 8. The molecule has 0 bridgehead atoms. The van der Waals surface area contributed by atoms with Crippen LogP contribution in [0.4, 0.5) is 0 Å². The molecule has 0 saturated heterocycles. The summed E-state index contributed by atoms with van der Waals surface area (Å²) < 4.78 is 25.2. The van der Waals surface area contributed by atoms with Crippen LogP contribution in [-0.4, -0.2) is 65.0 Å². The second-order valence-electron chi connectivity index (χ2n) is 31.0. The second-order valence-corrected chi connectivity index (χ2v) is 31.0. The van der Waals surface area contributed by atoms with E-state index >= 15 is 0 Å². The van der Waals surface area contributed by atoms with E-state index in [0.717, 1.165) is 119 Å². The maximum absolute atomic E-state index is 11.9. The van der Waals surface area contributed by atoms with Gasteiger partial charge < -0.3 is 49.6 Å². The molecule has 512 valence electrons. The minimum atomic E-state index is -1.07. The van der Waals surface area contributed by atoms with Crippen molar-refractivity contribution in [2.45, 2.75) is 285 Å². The summed E-state index contributed by atoms with van der Waals surface area (Å²) in [5, 5.41) is 62.3. The van der Waals surface area contributed by atoms with Crippen LogP contribution < -0.4 is 18.9 Å². The van der Waals surface area contributed by atoms with Gasteiger partial charge in [-0.3, -0.25) is 0 Å². The Kier molecular flexibility index (Phi) is 21.9. The largest absolute Gasteiger partial charge is 0.507 e. The third-order valence-electron chi connectivity index (χ3n) is 22.1. The monoisotopic (exact) mass is 1290 g/mol.